The van der Waals surface area contributed by atoms with E-state index in [1.54, 1.807) is 36.4 Å². The van der Waals surface area contributed by atoms with Gasteiger partial charge in [0.05, 0.1) is 6.04 Å². The summed E-state index contributed by atoms with van der Waals surface area (Å²) in [6.07, 6.45) is -1.70. The number of benzene rings is 2. The highest BCUT2D eigenvalue weighted by atomic mass is 16.5. The average Bonchev–Trinajstić information content (AvgIpc) is 2.80. The van der Waals surface area contributed by atoms with E-state index in [2.05, 4.69) is 22.5 Å². The summed E-state index contributed by atoms with van der Waals surface area (Å²) in [6, 6.07) is 10.7. The number of nitrogens with two attached hydrogens (primary N) is 3. The summed E-state index contributed by atoms with van der Waals surface area (Å²) in [7, 11) is 0. The first-order chi connectivity index (χ1) is 15.2. The molecule has 0 aliphatic heterocycles. The summed E-state index contributed by atoms with van der Waals surface area (Å²) in [4.78, 5) is 35.4. The summed E-state index contributed by atoms with van der Waals surface area (Å²) in [5.74, 6) is 3.79. The number of aliphatic hydroxyl groups is 1. The summed E-state index contributed by atoms with van der Waals surface area (Å²) in [5, 5.41) is 22.9. The van der Waals surface area contributed by atoms with Crippen molar-refractivity contribution in [1.29, 1.82) is 0 Å². The van der Waals surface area contributed by atoms with Crippen molar-refractivity contribution >= 4 is 23.4 Å². The molecule has 0 heterocycles. The zero-order chi connectivity index (χ0) is 23.7. The molecule has 2 aromatic rings. The number of hydroxylamine groups is 1. The number of hydrogen-bond donors (Lipinski definition) is 8. The van der Waals surface area contributed by atoms with E-state index in [0.717, 1.165) is 0 Å². The highest BCUT2D eigenvalue weighted by Gasteiger charge is 2.26. The standard InChI is InChI=1S/C21H24N6O5/c22-11-16(23)20(30)25-15-9-5-13(6-10-15)2-1-12-3-7-14(8-4-12)19(29)26-17(18(24)28)21(31)27-32/h3-10,16-18,28,32H,11,22-24H2,(H,25,30)(H,26,29)(H,27,31)/t16-,17-,18-/m0/s1. The van der Waals surface area contributed by atoms with Gasteiger partial charge < -0.3 is 32.9 Å². The van der Waals surface area contributed by atoms with Crippen LogP contribution in [0.5, 0.6) is 0 Å². The first-order valence-electron chi connectivity index (χ1n) is 9.42. The molecule has 0 fully saturated rings. The Morgan fingerprint density at radius 1 is 0.906 bits per heavy atom. The molecule has 11 heteroatoms. The fraction of sp³-hybridized carbons (Fsp3) is 0.190. The third-order valence-corrected chi connectivity index (χ3v) is 4.26. The van der Waals surface area contributed by atoms with Crippen molar-refractivity contribution in [2.75, 3.05) is 11.9 Å². The Balaban J connectivity index is 2.02. The number of nitrogens with one attached hydrogen (secondary N) is 3. The molecule has 11 N–H and O–H groups in total. The molecule has 11 nitrogen and oxygen atoms in total. The monoisotopic (exact) mass is 440 g/mol. The van der Waals surface area contributed by atoms with Crippen LogP contribution in [0.3, 0.4) is 0 Å². The number of rotatable bonds is 7. The van der Waals surface area contributed by atoms with Crippen LogP contribution in [0.25, 0.3) is 0 Å². The molecule has 32 heavy (non-hydrogen) atoms. The lowest BCUT2D eigenvalue weighted by Gasteiger charge is -2.18. The zero-order valence-corrected chi connectivity index (χ0v) is 16.9. The normalized spacial score (nSPS) is 13.0. The van der Waals surface area contributed by atoms with Gasteiger partial charge in [-0.2, -0.15) is 0 Å². The third kappa shape index (κ3) is 6.88. The van der Waals surface area contributed by atoms with Gasteiger partial charge in [0.2, 0.25) is 5.91 Å². The van der Waals surface area contributed by atoms with Crippen molar-refractivity contribution < 1.29 is 24.7 Å². The van der Waals surface area contributed by atoms with E-state index in [1.165, 1.54) is 17.6 Å². The predicted molar refractivity (Wildman–Crippen MR) is 116 cm³/mol. The molecule has 0 saturated heterocycles. The van der Waals surface area contributed by atoms with Gasteiger partial charge in [0.1, 0.15) is 12.3 Å². The van der Waals surface area contributed by atoms with Crippen LogP contribution in [0.2, 0.25) is 0 Å². The molecule has 0 aliphatic rings. The fourth-order valence-electron chi connectivity index (χ4n) is 2.43. The molecule has 0 saturated carbocycles. The molecule has 0 bridgehead atoms. The Morgan fingerprint density at radius 3 is 1.91 bits per heavy atom. The second kappa shape index (κ2) is 11.6. The minimum Gasteiger partial charge on any atom is -0.376 e. The Labute approximate surface area is 183 Å². The van der Waals surface area contributed by atoms with Gasteiger partial charge in [-0.05, 0) is 48.5 Å². The van der Waals surface area contributed by atoms with E-state index in [9.17, 15) is 19.5 Å². The van der Waals surface area contributed by atoms with E-state index in [1.807, 2.05) is 0 Å². The Hall–Kier alpha value is -3.79. The number of carbonyl (C=O) groups is 3. The molecule has 0 spiro atoms. The molecule has 2 aromatic carbocycles. The second-order valence-electron chi connectivity index (χ2n) is 6.65. The van der Waals surface area contributed by atoms with E-state index in [0.29, 0.717) is 16.8 Å². The highest BCUT2D eigenvalue weighted by Crippen LogP contribution is 2.10. The lowest BCUT2D eigenvalue weighted by atomic mass is 10.1. The first kappa shape index (κ1) is 24.5. The van der Waals surface area contributed by atoms with E-state index >= 15 is 0 Å². The molecular formula is C21H24N6O5. The van der Waals surface area contributed by atoms with Gasteiger partial charge in [-0.15, -0.1) is 0 Å². The highest BCUT2D eigenvalue weighted by molar-refractivity contribution is 5.97. The van der Waals surface area contributed by atoms with Gasteiger partial charge in [-0.3, -0.25) is 19.6 Å². The van der Waals surface area contributed by atoms with Crippen molar-refractivity contribution in [3.8, 4) is 11.8 Å². The maximum Gasteiger partial charge on any atom is 0.270 e. The lowest BCUT2D eigenvalue weighted by Crippen LogP contribution is -2.55. The number of carbonyl (C=O) groups excluding carboxylic acids is 3. The van der Waals surface area contributed by atoms with E-state index in [-0.39, 0.29) is 18.0 Å². The fourth-order valence-corrected chi connectivity index (χ4v) is 2.43. The summed E-state index contributed by atoms with van der Waals surface area (Å²) in [5.41, 5.74) is 19.6. The molecule has 168 valence electrons. The van der Waals surface area contributed by atoms with Crippen LogP contribution in [0.1, 0.15) is 21.5 Å². The SMILES string of the molecule is NC[C@H](N)C(=O)Nc1ccc(C#Cc2ccc(C(=O)N[C@H](C(=O)NO)[C@@H](N)O)cc2)cc1. The van der Waals surface area contributed by atoms with Gasteiger partial charge in [0.15, 0.2) is 0 Å². The van der Waals surface area contributed by atoms with E-state index in [4.69, 9.17) is 22.4 Å². The molecule has 3 atom stereocenters. The van der Waals surface area contributed by atoms with Crippen molar-refractivity contribution in [2.45, 2.75) is 18.3 Å². The minimum atomic E-state index is -1.70. The second-order valence-corrected chi connectivity index (χ2v) is 6.65. The van der Waals surface area contributed by atoms with Crippen molar-refractivity contribution in [1.82, 2.24) is 10.8 Å². The Bertz CT molecular complexity index is 1010. The Morgan fingerprint density at radius 2 is 1.44 bits per heavy atom. The van der Waals surface area contributed by atoms with Crippen LogP contribution in [-0.2, 0) is 9.59 Å². The number of hydrogen-bond acceptors (Lipinski definition) is 8. The molecule has 3 amide bonds. The number of amides is 3. The predicted octanol–water partition coefficient (Wildman–Crippen LogP) is -1.81. The number of anilines is 1. The molecule has 2 rings (SSSR count). The largest absolute Gasteiger partial charge is 0.376 e. The average molecular weight is 440 g/mol. The van der Waals surface area contributed by atoms with Gasteiger partial charge in [0.25, 0.3) is 11.8 Å². The molecule has 0 aliphatic carbocycles. The van der Waals surface area contributed by atoms with Crippen molar-refractivity contribution in [3.05, 3.63) is 65.2 Å². The maximum absolute atomic E-state index is 12.2. The van der Waals surface area contributed by atoms with Crippen molar-refractivity contribution in [2.24, 2.45) is 17.2 Å². The molecular weight excluding hydrogens is 416 g/mol. The van der Waals surface area contributed by atoms with Gasteiger partial charge in [-0.1, -0.05) is 11.8 Å². The van der Waals surface area contributed by atoms with Crippen LogP contribution in [0.4, 0.5) is 5.69 Å². The zero-order valence-electron chi connectivity index (χ0n) is 16.9. The van der Waals surface area contributed by atoms with Crippen molar-refractivity contribution in [3.63, 3.8) is 0 Å². The lowest BCUT2D eigenvalue weighted by molar-refractivity contribution is -0.133. The Kier molecular flexibility index (Phi) is 8.84. The van der Waals surface area contributed by atoms with Gasteiger partial charge in [0, 0.05) is 28.9 Å². The molecule has 0 radical (unpaired) electrons. The minimum absolute atomic E-state index is 0.0450. The van der Waals surface area contributed by atoms with E-state index < -0.39 is 30.1 Å². The maximum atomic E-state index is 12.2. The quantitative estimate of drug-likeness (QED) is 0.106. The molecule has 0 aromatic heterocycles. The van der Waals surface area contributed by atoms with Crippen LogP contribution in [0.15, 0.2) is 48.5 Å². The smallest absolute Gasteiger partial charge is 0.270 e. The summed E-state index contributed by atoms with van der Waals surface area (Å²) in [6.45, 7) is 0.0450. The van der Waals surface area contributed by atoms with Crippen LogP contribution < -0.4 is 33.3 Å². The summed E-state index contributed by atoms with van der Waals surface area (Å²) < 4.78 is 0. The van der Waals surface area contributed by atoms with Gasteiger partial charge >= 0.3 is 0 Å². The van der Waals surface area contributed by atoms with Crippen LogP contribution >= 0.6 is 0 Å². The molecule has 0 unspecified atom stereocenters. The van der Waals surface area contributed by atoms with Gasteiger partial charge in [-0.25, -0.2) is 5.48 Å². The third-order valence-electron chi connectivity index (χ3n) is 4.26. The summed E-state index contributed by atoms with van der Waals surface area (Å²) >= 11 is 0. The topological polar surface area (TPSA) is 206 Å². The van der Waals surface area contributed by atoms with Crippen LogP contribution in [-0.4, -0.2) is 52.9 Å². The first-order valence-corrected chi connectivity index (χ1v) is 9.42. The number of aliphatic hydroxyl groups excluding tert-OH is 1. The van der Waals surface area contributed by atoms with Crippen LogP contribution in [0, 0.1) is 11.8 Å².